The van der Waals surface area contributed by atoms with Gasteiger partial charge in [-0.05, 0) is 19.1 Å². The summed E-state index contributed by atoms with van der Waals surface area (Å²) < 4.78 is 4.93. The maximum atomic E-state index is 11.5. The van der Waals surface area contributed by atoms with E-state index in [1.54, 1.807) is 26.2 Å². The van der Waals surface area contributed by atoms with Gasteiger partial charge >= 0.3 is 5.97 Å². The first-order valence-electron chi connectivity index (χ1n) is 9.15. The zero-order chi connectivity index (χ0) is 20.4. The van der Waals surface area contributed by atoms with Gasteiger partial charge in [0.2, 0.25) is 5.91 Å². The molecule has 2 N–H and O–H groups in total. The van der Waals surface area contributed by atoms with Crippen LogP contribution in [-0.4, -0.2) is 60.6 Å². The standard InChI is InChI=1S/C19H26N6O3/c1-4-28-18(27)8-11-22-15-13-16(25(3)12-9-17(26)20-2)24-19(23-15)14-7-5-6-10-21-14/h5-7,10,13H,4,8-9,11-12H2,1-3H3,(H,20,26)(H,22,23,24). The lowest BCUT2D eigenvalue weighted by Crippen LogP contribution is -2.27. The number of carbonyl (C=O) groups is 2. The first kappa shape index (κ1) is 21.1. The predicted octanol–water partition coefficient (Wildman–Crippen LogP) is 1.48. The van der Waals surface area contributed by atoms with Crippen molar-refractivity contribution in [1.29, 1.82) is 0 Å². The molecule has 0 saturated heterocycles. The van der Waals surface area contributed by atoms with E-state index in [1.165, 1.54) is 0 Å². The van der Waals surface area contributed by atoms with Crippen molar-refractivity contribution in [3.63, 3.8) is 0 Å². The van der Waals surface area contributed by atoms with Gasteiger partial charge in [-0.3, -0.25) is 14.6 Å². The fourth-order valence-electron chi connectivity index (χ4n) is 2.36. The van der Waals surface area contributed by atoms with Gasteiger partial charge in [0.25, 0.3) is 0 Å². The summed E-state index contributed by atoms with van der Waals surface area (Å²) in [7, 11) is 3.47. The third-order valence-corrected chi connectivity index (χ3v) is 3.89. The summed E-state index contributed by atoms with van der Waals surface area (Å²) in [5, 5.41) is 5.73. The number of rotatable bonds is 10. The Hall–Kier alpha value is -3.23. The third kappa shape index (κ3) is 6.49. The second-order valence-corrected chi connectivity index (χ2v) is 5.98. The van der Waals surface area contributed by atoms with Crippen LogP contribution in [0.25, 0.3) is 11.5 Å². The van der Waals surface area contributed by atoms with Crippen molar-refractivity contribution >= 4 is 23.5 Å². The van der Waals surface area contributed by atoms with Gasteiger partial charge in [-0.2, -0.15) is 0 Å². The van der Waals surface area contributed by atoms with Gasteiger partial charge in [-0.15, -0.1) is 0 Å². The molecule has 2 aromatic rings. The Bertz CT molecular complexity index is 784. The minimum Gasteiger partial charge on any atom is -0.466 e. The van der Waals surface area contributed by atoms with Crippen molar-refractivity contribution in [2.45, 2.75) is 19.8 Å². The largest absolute Gasteiger partial charge is 0.466 e. The number of esters is 1. The van der Waals surface area contributed by atoms with Crippen molar-refractivity contribution in [2.24, 2.45) is 0 Å². The maximum Gasteiger partial charge on any atom is 0.307 e. The molecular weight excluding hydrogens is 360 g/mol. The van der Waals surface area contributed by atoms with E-state index in [4.69, 9.17) is 4.74 Å². The van der Waals surface area contributed by atoms with Gasteiger partial charge in [0.05, 0.1) is 13.0 Å². The Morgan fingerprint density at radius 2 is 2.04 bits per heavy atom. The molecule has 0 aromatic carbocycles. The summed E-state index contributed by atoms with van der Waals surface area (Å²) >= 11 is 0. The number of hydrogen-bond acceptors (Lipinski definition) is 8. The van der Waals surface area contributed by atoms with Crippen LogP contribution in [0.5, 0.6) is 0 Å². The molecule has 2 rings (SSSR count). The highest BCUT2D eigenvalue weighted by Gasteiger charge is 2.12. The molecule has 0 unspecified atom stereocenters. The summed E-state index contributed by atoms with van der Waals surface area (Å²) in [4.78, 5) is 38.3. The normalized spacial score (nSPS) is 10.2. The van der Waals surface area contributed by atoms with E-state index in [9.17, 15) is 9.59 Å². The molecule has 0 bridgehead atoms. The molecule has 0 radical (unpaired) electrons. The quantitative estimate of drug-likeness (QED) is 0.591. The number of ether oxygens (including phenoxy) is 1. The van der Waals surface area contributed by atoms with Crippen LogP contribution in [0, 0.1) is 0 Å². The van der Waals surface area contributed by atoms with E-state index >= 15 is 0 Å². The summed E-state index contributed by atoms with van der Waals surface area (Å²) in [6.45, 7) is 3.02. The summed E-state index contributed by atoms with van der Waals surface area (Å²) in [5.74, 6) is 1.37. The van der Waals surface area contributed by atoms with Crippen molar-refractivity contribution in [3.8, 4) is 11.5 Å². The zero-order valence-electron chi connectivity index (χ0n) is 16.4. The van der Waals surface area contributed by atoms with Crippen LogP contribution >= 0.6 is 0 Å². The molecule has 0 aliphatic heterocycles. The molecular formula is C19H26N6O3. The fraction of sp³-hybridized carbons (Fsp3) is 0.421. The van der Waals surface area contributed by atoms with E-state index in [0.29, 0.717) is 49.3 Å². The van der Waals surface area contributed by atoms with Crippen LogP contribution in [0.15, 0.2) is 30.5 Å². The Balaban J connectivity index is 2.18. The molecule has 0 atom stereocenters. The molecule has 9 nitrogen and oxygen atoms in total. The Morgan fingerprint density at radius 3 is 2.71 bits per heavy atom. The molecule has 28 heavy (non-hydrogen) atoms. The van der Waals surface area contributed by atoms with Crippen molar-refractivity contribution in [1.82, 2.24) is 20.3 Å². The number of nitrogens with zero attached hydrogens (tertiary/aromatic N) is 4. The summed E-state index contributed by atoms with van der Waals surface area (Å²) in [5.41, 5.74) is 0.637. The summed E-state index contributed by atoms with van der Waals surface area (Å²) in [6.07, 6.45) is 2.26. The van der Waals surface area contributed by atoms with Gasteiger partial charge < -0.3 is 20.3 Å². The first-order chi connectivity index (χ1) is 13.5. The average molecular weight is 386 g/mol. The number of pyridine rings is 1. The Labute approximate surface area is 164 Å². The average Bonchev–Trinajstić information content (AvgIpc) is 2.72. The Kier molecular flexibility index (Phi) is 8.13. The molecule has 0 spiro atoms. The van der Waals surface area contributed by atoms with E-state index in [2.05, 4.69) is 25.6 Å². The second-order valence-electron chi connectivity index (χ2n) is 5.98. The number of anilines is 2. The number of carbonyl (C=O) groups excluding carboxylic acids is 2. The van der Waals surface area contributed by atoms with Gasteiger partial charge in [-0.1, -0.05) is 6.07 Å². The van der Waals surface area contributed by atoms with Gasteiger partial charge in [0, 0.05) is 45.9 Å². The van der Waals surface area contributed by atoms with Gasteiger partial charge in [0.15, 0.2) is 5.82 Å². The molecule has 2 heterocycles. The van der Waals surface area contributed by atoms with Gasteiger partial charge in [-0.25, -0.2) is 9.97 Å². The smallest absolute Gasteiger partial charge is 0.307 e. The molecule has 0 saturated carbocycles. The molecule has 0 aliphatic carbocycles. The minimum absolute atomic E-state index is 0.0429. The highest BCUT2D eigenvalue weighted by molar-refractivity contribution is 5.76. The molecule has 150 valence electrons. The third-order valence-electron chi connectivity index (χ3n) is 3.89. The molecule has 2 aromatic heterocycles. The van der Waals surface area contributed by atoms with Crippen LogP contribution < -0.4 is 15.5 Å². The van der Waals surface area contributed by atoms with Crippen LogP contribution in [0.3, 0.4) is 0 Å². The SMILES string of the molecule is CCOC(=O)CCNc1cc(N(C)CCC(=O)NC)nc(-c2ccccn2)n1. The Morgan fingerprint density at radius 1 is 1.21 bits per heavy atom. The molecule has 1 amide bonds. The van der Waals surface area contributed by atoms with Crippen LogP contribution in [0.1, 0.15) is 19.8 Å². The highest BCUT2D eigenvalue weighted by atomic mass is 16.5. The lowest BCUT2D eigenvalue weighted by Gasteiger charge is -2.19. The fourth-order valence-corrected chi connectivity index (χ4v) is 2.36. The molecule has 9 heteroatoms. The number of aromatic nitrogens is 3. The van der Waals surface area contributed by atoms with E-state index in [0.717, 1.165) is 0 Å². The molecule has 0 aliphatic rings. The van der Waals surface area contributed by atoms with E-state index in [-0.39, 0.29) is 18.3 Å². The van der Waals surface area contributed by atoms with Crippen molar-refractivity contribution in [2.75, 3.05) is 44.0 Å². The van der Waals surface area contributed by atoms with Crippen molar-refractivity contribution < 1.29 is 14.3 Å². The highest BCUT2D eigenvalue weighted by Crippen LogP contribution is 2.20. The maximum absolute atomic E-state index is 11.5. The first-order valence-corrected chi connectivity index (χ1v) is 9.15. The van der Waals surface area contributed by atoms with E-state index < -0.39 is 0 Å². The molecule has 0 fully saturated rings. The van der Waals surface area contributed by atoms with Crippen LogP contribution in [-0.2, 0) is 14.3 Å². The number of hydrogen-bond donors (Lipinski definition) is 2. The number of nitrogens with one attached hydrogen (secondary N) is 2. The van der Waals surface area contributed by atoms with Crippen LogP contribution in [0.4, 0.5) is 11.6 Å². The lowest BCUT2D eigenvalue weighted by molar-refractivity contribution is -0.142. The van der Waals surface area contributed by atoms with Crippen LogP contribution in [0.2, 0.25) is 0 Å². The summed E-state index contributed by atoms with van der Waals surface area (Å²) in [6, 6.07) is 7.29. The predicted molar refractivity (Wildman–Crippen MR) is 107 cm³/mol. The van der Waals surface area contributed by atoms with E-state index in [1.807, 2.05) is 30.1 Å². The topological polar surface area (TPSA) is 109 Å². The minimum atomic E-state index is -0.267. The number of amides is 1. The lowest BCUT2D eigenvalue weighted by atomic mass is 10.3. The second kappa shape index (κ2) is 10.8. The van der Waals surface area contributed by atoms with Crippen molar-refractivity contribution in [3.05, 3.63) is 30.5 Å². The monoisotopic (exact) mass is 386 g/mol. The van der Waals surface area contributed by atoms with Gasteiger partial charge in [0.1, 0.15) is 17.3 Å². The zero-order valence-corrected chi connectivity index (χ0v) is 16.4.